The fourth-order valence-corrected chi connectivity index (χ4v) is 5.06. The SMILES string of the molecule is C=CCCCCC[C@H](NC(=O)OC(C)(C)C)C(=O)N1C[C@](OC)(c2ccc(-c3ccccc3)cc2)C[C@H]1C=O. The summed E-state index contributed by atoms with van der Waals surface area (Å²) in [5.41, 5.74) is 1.54. The summed E-state index contributed by atoms with van der Waals surface area (Å²) in [4.78, 5) is 40.2. The molecule has 39 heavy (non-hydrogen) atoms. The van der Waals surface area contributed by atoms with Crippen molar-refractivity contribution in [2.45, 2.75) is 82.6 Å². The molecule has 1 aliphatic rings. The van der Waals surface area contributed by atoms with Gasteiger partial charge in [0.1, 0.15) is 23.5 Å². The molecule has 0 spiro atoms. The first-order valence-electron chi connectivity index (χ1n) is 13.7. The summed E-state index contributed by atoms with van der Waals surface area (Å²) in [6.07, 6.45) is 6.31. The van der Waals surface area contributed by atoms with Gasteiger partial charge in [-0.05, 0) is 56.7 Å². The summed E-state index contributed by atoms with van der Waals surface area (Å²) in [6, 6.07) is 16.7. The normalized spacial score (nSPS) is 19.8. The number of methoxy groups -OCH3 is 1. The van der Waals surface area contributed by atoms with Gasteiger partial charge in [0.2, 0.25) is 5.91 Å². The molecule has 2 amide bonds. The Labute approximate surface area is 232 Å². The number of nitrogens with zero attached hydrogens (tertiary/aromatic N) is 1. The Morgan fingerprint density at radius 3 is 2.33 bits per heavy atom. The topological polar surface area (TPSA) is 84.9 Å². The van der Waals surface area contributed by atoms with Crippen LogP contribution in [0.15, 0.2) is 67.3 Å². The van der Waals surface area contributed by atoms with E-state index >= 15 is 0 Å². The molecular formula is C32H42N2O5. The highest BCUT2D eigenvalue weighted by atomic mass is 16.6. The van der Waals surface area contributed by atoms with E-state index in [-0.39, 0.29) is 12.5 Å². The molecule has 3 rings (SSSR count). The number of aldehydes is 1. The predicted octanol–water partition coefficient (Wildman–Crippen LogP) is 6.02. The second-order valence-electron chi connectivity index (χ2n) is 11.1. The summed E-state index contributed by atoms with van der Waals surface area (Å²) in [6.45, 7) is 9.29. The van der Waals surface area contributed by atoms with Crippen LogP contribution in [0.2, 0.25) is 0 Å². The molecule has 2 aromatic rings. The van der Waals surface area contributed by atoms with Crippen molar-refractivity contribution < 1.29 is 23.9 Å². The van der Waals surface area contributed by atoms with Gasteiger partial charge in [0.25, 0.3) is 0 Å². The number of likely N-dealkylation sites (tertiary alicyclic amines) is 1. The third-order valence-electron chi connectivity index (χ3n) is 7.10. The van der Waals surface area contributed by atoms with E-state index in [0.29, 0.717) is 12.8 Å². The highest BCUT2D eigenvalue weighted by Crippen LogP contribution is 2.39. The Kier molecular flexibility index (Phi) is 10.5. The van der Waals surface area contributed by atoms with Gasteiger partial charge in [-0.15, -0.1) is 6.58 Å². The molecule has 0 saturated carbocycles. The molecule has 2 aromatic carbocycles. The van der Waals surface area contributed by atoms with E-state index in [1.807, 2.05) is 48.5 Å². The van der Waals surface area contributed by atoms with E-state index in [9.17, 15) is 14.4 Å². The largest absolute Gasteiger partial charge is 0.444 e. The second kappa shape index (κ2) is 13.6. The number of benzene rings is 2. The lowest BCUT2D eigenvalue weighted by atomic mass is 9.89. The lowest BCUT2D eigenvalue weighted by molar-refractivity contribution is -0.137. The van der Waals surface area contributed by atoms with Crippen LogP contribution in [0.1, 0.15) is 64.9 Å². The van der Waals surface area contributed by atoms with Crippen LogP contribution >= 0.6 is 0 Å². The zero-order valence-electron chi connectivity index (χ0n) is 23.7. The minimum atomic E-state index is -0.836. The molecule has 7 heteroatoms. The lowest BCUT2D eigenvalue weighted by Crippen LogP contribution is -2.51. The zero-order chi connectivity index (χ0) is 28.5. The van der Waals surface area contributed by atoms with Gasteiger partial charge < -0.3 is 24.5 Å². The number of carbonyl (C=O) groups excluding carboxylic acids is 3. The maximum Gasteiger partial charge on any atom is 0.408 e. The van der Waals surface area contributed by atoms with Gasteiger partial charge in [0.15, 0.2) is 0 Å². The number of nitrogens with one attached hydrogen (secondary N) is 1. The standard InChI is InChI=1S/C32H42N2O5/c1-6-7-8-9-13-16-28(33-30(37)39-31(2,3)4)29(36)34-23-32(38-5,21-27(34)22-35)26-19-17-25(18-20-26)24-14-11-10-12-15-24/h6,10-12,14-15,17-20,22,27-28H,1,7-9,13,16,21,23H2,2-5H3,(H,33,37)/t27-,28-,32-/m0/s1. The molecule has 1 heterocycles. The van der Waals surface area contributed by atoms with Gasteiger partial charge in [0, 0.05) is 13.5 Å². The second-order valence-corrected chi connectivity index (χ2v) is 11.1. The number of alkyl carbamates (subject to hydrolysis) is 1. The third-order valence-corrected chi connectivity index (χ3v) is 7.10. The van der Waals surface area contributed by atoms with E-state index in [1.165, 1.54) is 0 Å². The number of hydrogen-bond donors (Lipinski definition) is 1. The average molecular weight is 535 g/mol. The number of carbonyl (C=O) groups is 3. The van der Waals surface area contributed by atoms with Gasteiger partial charge in [-0.1, -0.05) is 73.5 Å². The summed E-state index contributed by atoms with van der Waals surface area (Å²) < 4.78 is 11.5. The van der Waals surface area contributed by atoms with E-state index in [1.54, 1.807) is 32.8 Å². The highest BCUT2D eigenvalue weighted by Gasteiger charge is 2.48. The van der Waals surface area contributed by atoms with Crippen LogP contribution < -0.4 is 5.32 Å². The van der Waals surface area contributed by atoms with Crippen molar-refractivity contribution in [2.75, 3.05) is 13.7 Å². The van der Waals surface area contributed by atoms with Gasteiger partial charge >= 0.3 is 6.09 Å². The van der Waals surface area contributed by atoms with Crippen molar-refractivity contribution in [3.05, 3.63) is 72.8 Å². The maximum absolute atomic E-state index is 13.8. The molecular weight excluding hydrogens is 492 g/mol. The first-order valence-corrected chi connectivity index (χ1v) is 13.7. The van der Waals surface area contributed by atoms with Crippen molar-refractivity contribution >= 4 is 18.3 Å². The van der Waals surface area contributed by atoms with Crippen LogP contribution in [0.4, 0.5) is 4.79 Å². The molecule has 0 aliphatic carbocycles. The predicted molar refractivity (Wildman–Crippen MR) is 153 cm³/mol. The Hall–Kier alpha value is -3.45. The maximum atomic E-state index is 13.8. The van der Waals surface area contributed by atoms with Gasteiger partial charge in [-0.2, -0.15) is 0 Å². The van der Waals surface area contributed by atoms with Crippen molar-refractivity contribution in [3.8, 4) is 11.1 Å². The number of amides is 2. The van der Waals surface area contributed by atoms with Crippen LogP contribution in [0.3, 0.4) is 0 Å². The van der Waals surface area contributed by atoms with Crippen molar-refractivity contribution in [1.29, 1.82) is 0 Å². The molecule has 3 atom stereocenters. The van der Waals surface area contributed by atoms with Crippen molar-refractivity contribution in [1.82, 2.24) is 10.2 Å². The number of rotatable bonds is 12. The van der Waals surface area contributed by atoms with E-state index < -0.39 is 29.4 Å². The fraction of sp³-hybridized carbons (Fsp3) is 0.469. The molecule has 0 aromatic heterocycles. The summed E-state index contributed by atoms with van der Waals surface area (Å²) in [5.74, 6) is -0.304. The van der Waals surface area contributed by atoms with Crippen molar-refractivity contribution in [3.63, 3.8) is 0 Å². The van der Waals surface area contributed by atoms with Gasteiger partial charge in [-0.3, -0.25) is 4.79 Å². The number of unbranched alkanes of at least 4 members (excludes halogenated alkanes) is 3. The highest BCUT2D eigenvalue weighted by molar-refractivity contribution is 5.88. The number of hydrogen-bond acceptors (Lipinski definition) is 5. The first-order chi connectivity index (χ1) is 18.6. The summed E-state index contributed by atoms with van der Waals surface area (Å²) >= 11 is 0. The van der Waals surface area contributed by atoms with Crippen LogP contribution in [-0.4, -0.2) is 54.5 Å². The average Bonchev–Trinajstić information content (AvgIpc) is 3.32. The molecule has 1 aliphatic heterocycles. The summed E-state index contributed by atoms with van der Waals surface area (Å²) in [7, 11) is 1.61. The fourth-order valence-electron chi connectivity index (χ4n) is 5.06. The summed E-state index contributed by atoms with van der Waals surface area (Å²) in [5, 5.41) is 2.77. The van der Waals surface area contributed by atoms with Crippen LogP contribution in [-0.2, 0) is 24.7 Å². The molecule has 1 N–H and O–H groups in total. The van der Waals surface area contributed by atoms with Crippen LogP contribution in [0, 0.1) is 0 Å². The smallest absolute Gasteiger partial charge is 0.408 e. The number of allylic oxidation sites excluding steroid dienone is 1. The van der Waals surface area contributed by atoms with Crippen molar-refractivity contribution in [2.24, 2.45) is 0 Å². The molecule has 1 fully saturated rings. The minimum absolute atomic E-state index is 0.208. The molecule has 0 unspecified atom stereocenters. The van der Waals surface area contributed by atoms with Gasteiger partial charge in [0.05, 0.1) is 12.6 Å². The number of ether oxygens (including phenoxy) is 2. The van der Waals surface area contributed by atoms with E-state index in [2.05, 4.69) is 24.0 Å². The molecule has 0 radical (unpaired) electrons. The zero-order valence-corrected chi connectivity index (χ0v) is 23.7. The Morgan fingerprint density at radius 2 is 1.74 bits per heavy atom. The Balaban J connectivity index is 1.81. The molecule has 7 nitrogen and oxygen atoms in total. The Morgan fingerprint density at radius 1 is 1.08 bits per heavy atom. The van der Waals surface area contributed by atoms with E-state index in [4.69, 9.17) is 9.47 Å². The van der Waals surface area contributed by atoms with Crippen LogP contribution in [0.5, 0.6) is 0 Å². The van der Waals surface area contributed by atoms with Gasteiger partial charge in [-0.25, -0.2) is 4.79 Å². The van der Waals surface area contributed by atoms with Crippen LogP contribution in [0.25, 0.3) is 11.1 Å². The monoisotopic (exact) mass is 534 g/mol. The third kappa shape index (κ3) is 8.02. The molecule has 1 saturated heterocycles. The lowest BCUT2D eigenvalue weighted by Gasteiger charge is -2.30. The first kappa shape index (κ1) is 30.1. The minimum Gasteiger partial charge on any atom is -0.444 e. The quantitative estimate of drug-likeness (QED) is 0.204. The molecule has 0 bridgehead atoms. The molecule has 210 valence electrons. The van der Waals surface area contributed by atoms with E-state index in [0.717, 1.165) is 48.7 Å². The Bertz CT molecular complexity index is 1110.